The van der Waals surface area contributed by atoms with Crippen LogP contribution in [0.15, 0.2) is 61.1 Å². The minimum absolute atomic E-state index is 0.0859. The van der Waals surface area contributed by atoms with E-state index in [1.54, 1.807) is 30.6 Å². The quantitative estimate of drug-likeness (QED) is 0.550. The van der Waals surface area contributed by atoms with E-state index in [0.717, 1.165) is 5.69 Å². The molecule has 3 aromatic rings. The zero-order chi connectivity index (χ0) is 16.1. The van der Waals surface area contributed by atoms with Gasteiger partial charge in [-0.2, -0.15) is 0 Å². The van der Waals surface area contributed by atoms with Crippen molar-refractivity contribution in [2.24, 2.45) is 0 Å². The normalized spacial score (nSPS) is 10.1. The van der Waals surface area contributed by atoms with Gasteiger partial charge < -0.3 is 10.6 Å². The molecule has 0 bridgehead atoms. The highest BCUT2D eigenvalue weighted by atomic mass is 16.6. The third-order valence-electron chi connectivity index (χ3n) is 2.93. The molecule has 0 spiro atoms. The Kier molecular flexibility index (Phi) is 4.05. The van der Waals surface area contributed by atoms with Gasteiger partial charge in [0.25, 0.3) is 0 Å². The molecule has 23 heavy (non-hydrogen) atoms. The highest BCUT2D eigenvalue weighted by Crippen LogP contribution is 2.26. The molecule has 0 unspecified atom stereocenters. The Hall–Kier alpha value is -3.55. The first-order chi connectivity index (χ1) is 11.2. The van der Waals surface area contributed by atoms with E-state index < -0.39 is 4.92 Å². The van der Waals surface area contributed by atoms with Gasteiger partial charge in [-0.1, -0.05) is 6.07 Å². The van der Waals surface area contributed by atoms with Crippen molar-refractivity contribution < 1.29 is 4.92 Å². The summed E-state index contributed by atoms with van der Waals surface area (Å²) in [5.74, 6) is 0.652. The molecule has 2 heterocycles. The van der Waals surface area contributed by atoms with E-state index in [-0.39, 0.29) is 11.5 Å². The fourth-order valence-corrected chi connectivity index (χ4v) is 1.94. The molecule has 0 radical (unpaired) electrons. The lowest BCUT2D eigenvalue weighted by Gasteiger charge is -2.09. The molecule has 8 heteroatoms. The predicted molar refractivity (Wildman–Crippen MR) is 85.9 cm³/mol. The van der Waals surface area contributed by atoms with Crippen LogP contribution in [0.2, 0.25) is 0 Å². The van der Waals surface area contributed by atoms with Crippen molar-refractivity contribution in [3.8, 4) is 0 Å². The molecule has 0 amide bonds. The topological polar surface area (TPSA) is 106 Å². The van der Waals surface area contributed by atoms with Crippen LogP contribution in [0.3, 0.4) is 0 Å². The molecular weight excluding hydrogens is 296 g/mol. The van der Waals surface area contributed by atoms with Gasteiger partial charge in [-0.05, 0) is 30.3 Å². The molecule has 114 valence electrons. The lowest BCUT2D eigenvalue weighted by atomic mass is 10.2. The number of nitro groups is 1. The fraction of sp³-hybridized carbons (Fsp3) is 0. The van der Waals surface area contributed by atoms with Crippen LogP contribution in [0, 0.1) is 10.1 Å². The van der Waals surface area contributed by atoms with Gasteiger partial charge in [0.15, 0.2) is 0 Å². The summed E-state index contributed by atoms with van der Waals surface area (Å²) in [6.07, 6.45) is 4.76. The highest BCUT2D eigenvalue weighted by Gasteiger charge is 2.14. The maximum atomic E-state index is 11.0. The molecule has 2 aromatic heterocycles. The molecule has 0 saturated carbocycles. The Morgan fingerprint density at radius 3 is 2.30 bits per heavy atom. The summed E-state index contributed by atoms with van der Waals surface area (Å²) in [7, 11) is 0. The van der Waals surface area contributed by atoms with Gasteiger partial charge in [0, 0.05) is 36.0 Å². The maximum Gasteiger partial charge on any atom is 0.311 e. The summed E-state index contributed by atoms with van der Waals surface area (Å²) in [6.45, 7) is 0. The van der Waals surface area contributed by atoms with Crippen molar-refractivity contribution in [1.82, 2.24) is 15.0 Å². The van der Waals surface area contributed by atoms with Crippen LogP contribution in [-0.2, 0) is 0 Å². The van der Waals surface area contributed by atoms with Crippen molar-refractivity contribution in [3.63, 3.8) is 0 Å². The summed E-state index contributed by atoms with van der Waals surface area (Å²) in [5.41, 5.74) is 1.32. The monoisotopic (exact) mass is 308 g/mol. The van der Waals surface area contributed by atoms with Gasteiger partial charge in [0.2, 0.25) is 11.8 Å². The predicted octanol–water partition coefficient (Wildman–Crippen LogP) is 3.27. The highest BCUT2D eigenvalue weighted by molar-refractivity contribution is 5.69. The third-order valence-corrected chi connectivity index (χ3v) is 2.93. The number of rotatable bonds is 5. The molecule has 0 aliphatic rings. The largest absolute Gasteiger partial charge is 0.334 e. The Bertz CT molecular complexity index is 825. The maximum absolute atomic E-state index is 11.0. The van der Waals surface area contributed by atoms with Crippen molar-refractivity contribution >= 4 is 28.8 Å². The van der Waals surface area contributed by atoms with E-state index in [1.165, 1.54) is 18.3 Å². The Labute approximate surface area is 131 Å². The molecule has 0 atom stereocenters. The number of nitrogens with one attached hydrogen (secondary N) is 2. The minimum Gasteiger partial charge on any atom is -0.334 e. The number of aromatic nitrogens is 3. The van der Waals surface area contributed by atoms with Crippen LogP contribution in [0.5, 0.6) is 0 Å². The van der Waals surface area contributed by atoms with E-state index in [1.807, 2.05) is 12.1 Å². The summed E-state index contributed by atoms with van der Waals surface area (Å²) in [6, 6.07) is 11.9. The smallest absolute Gasteiger partial charge is 0.311 e. The number of pyridine rings is 1. The zero-order valence-electron chi connectivity index (χ0n) is 11.9. The second kappa shape index (κ2) is 6.48. The first kappa shape index (κ1) is 14.4. The fourth-order valence-electron chi connectivity index (χ4n) is 1.94. The lowest BCUT2D eigenvalue weighted by Crippen LogP contribution is -2.00. The van der Waals surface area contributed by atoms with E-state index >= 15 is 0 Å². The van der Waals surface area contributed by atoms with Crippen LogP contribution in [0.25, 0.3) is 0 Å². The lowest BCUT2D eigenvalue weighted by molar-refractivity contribution is -0.384. The Balaban J connectivity index is 1.82. The molecule has 1 aromatic carbocycles. The number of nitrogens with zero attached hydrogens (tertiary/aromatic N) is 4. The number of hydrogen-bond donors (Lipinski definition) is 2. The standard InChI is InChI=1S/C15H12N6O2/c22-21(23)13-6-2-7-16-14(13)19-11-4-1-5-12(10-11)20-15-17-8-3-9-18-15/h1-10H,(H,16,19)(H,17,18,20). The van der Waals surface area contributed by atoms with Gasteiger partial charge >= 0.3 is 5.69 Å². The molecule has 2 N–H and O–H groups in total. The summed E-state index contributed by atoms with van der Waals surface area (Å²) < 4.78 is 0. The molecular formula is C15H12N6O2. The van der Waals surface area contributed by atoms with E-state index in [9.17, 15) is 10.1 Å². The van der Waals surface area contributed by atoms with Crippen LogP contribution < -0.4 is 10.6 Å². The van der Waals surface area contributed by atoms with E-state index in [0.29, 0.717) is 11.6 Å². The number of benzene rings is 1. The Morgan fingerprint density at radius 1 is 0.870 bits per heavy atom. The summed E-state index contributed by atoms with van der Waals surface area (Å²) in [4.78, 5) is 22.7. The van der Waals surface area contributed by atoms with Crippen molar-refractivity contribution in [2.75, 3.05) is 10.6 Å². The van der Waals surface area contributed by atoms with Crippen LogP contribution in [0.4, 0.5) is 28.8 Å². The van der Waals surface area contributed by atoms with Gasteiger partial charge in [0.05, 0.1) is 4.92 Å². The Morgan fingerprint density at radius 2 is 1.57 bits per heavy atom. The van der Waals surface area contributed by atoms with Gasteiger partial charge in [-0.3, -0.25) is 10.1 Å². The average molecular weight is 308 g/mol. The van der Waals surface area contributed by atoms with E-state index in [4.69, 9.17) is 0 Å². The minimum atomic E-state index is -0.477. The molecule has 0 aliphatic heterocycles. The number of hydrogen-bond acceptors (Lipinski definition) is 7. The third kappa shape index (κ3) is 3.56. The van der Waals surface area contributed by atoms with Crippen LogP contribution in [-0.4, -0.2) is 19.9 Å². The van der Waals surface area contributed by atoms with Gasteiger partial charge in [-0.25, -0.2) is 15.0 Å². The van der Waals surface area contributed by atoms with Crippen molar-refractivity contribution in [1.29, 1.82) is 0 Å². The number of anilines is 4. The molecule has 0 aliphatic carbocycles. The summed E-state index contributed by atoms with van der Waals surface area (Å²) >= 11 is 0. The van der Waals surface area contributed by atoms with Crippen LogP contribution in [0.1, 0.15) is 0 Å². The molecule has 0 saturated heterocycles. The molecule has 8 nitrogen and oxygen atoms in total. The summed E-state index contributed by atoms with van der Waals surface area (Å²) in [5, 5.41) is 17.0. The second-order valence-corrected chi connectivity index (χ2v) is 4.53. The van der Waals surface area contributed by atoms with Crippen LogP contribution >= 0.6 is 0 Å². The first-order valence-corrected chi connectivity index (χ1v) is 6.73. The molecule has 0 fully saturated rings. The SMILES string of the molecule is O=[N+]([O-])c1cccnc1Nc1cccc(Nc2ncccn2)c1. The van der Waals surface area contributed by atoms with Gasteiger partial charge in [0.1, 0.15) is 0 Å². The zero-order valence-corrected chi connectivity index (χ0v) is 11.9. The van der Waals surface area contributed by atoms with Gasteiger partial charge in [-0.15, -0.1) is 0 Å². The van der Waals surface area contributed by atoms with Crippen molar-refractivity contribution in [3.05, 3.63) is 71.2 Å². The molecule has 3 rings (SSSR count). The second-order valence-electron chi connectivity index (χ2n) is 4.53. The first-order valence-electron chi connectivity index (χ1n) is 6.73. The van der Waals surface area contributed by atoms with E-state index in [2.05, 4.69) is 25.6 Å². The van der Waals surface area contributed by atoms with Crippen molar-refractivity contribution in [2.45, 2.75) is 0 Å². The average Bonchev–Trinajstić information content (AvgIpc) is 2.56.